The van der Waals surface area contributed by atoms with Crippen molar-refractivity contribution in [2.45, 2.75) is 18.6 Å². The number of aliphatic hydroxyl groups is 1. The summed E-state index contributed by atoms with van der Waals surface area (Å²) in [7, 11) is 0. The molecule has 1 aromatic carbocycles. The van der Waals surface area contributed by atoms with Crippen molar-refractivity contribution in [2.75, 3.05) is 19.7 Å². The third-order valence-corrected chi connectivity index (χ3v) is 4.14. The largest absolute Gasteiger partial charge is 0.491 e. The number of hydrogen-bond donors (Lipinski definition) is 1. The lowest BCUT2D eigenvalue weighted by atomic mass is 10.1. The fourth-order valence-electron chi connectivity index (χ4n) is 2.76. The molecule has 24 heavy (non-hydrogen) atoms. The molecule has 0 saturated carbocycles. The van der Waals surface area contributed by atoms with Crippen LogP contribution in [0, 0.1) is 0 Å². The molecule has 1 atom stereocenters. The monoisotopic (exact) mass is 328 g/mol. The summed E-state index contributed by atoms with van der Waals surface area (Å²) in [4.78, 5) is 25.6. The second kappa shape index (κ2) is 6.88. The SMILES string of the molecule is O=C(Cn1ccccc1=O)N1CCC(O)(COc2ccccc2)C1. The number of carbonyl (C=O) groups excluding carboxylic acids is 1. The summed E-state index contributed by atoms with van der Waals surface area (Å²) in [6, 6.07) is 14.0. The molecule has 0 spiro atoms. The molecular weight excluding hydrogens is 308 g/mol. The Morgan fingerprint density at radius 2 is 1.92 bits per heavy atom. The maximum atomic E-state index is 12.3. The van der Waals surface area contributed by atoms with E-state index in [-0.39, 0.29) is 31.2 Å². The normalized spacial score (nSPS) is 20.1. The first kappa shape index (κ1) is 16.3. The van der Waals surface area contributed by atoms with Crippen molar-refractivity contribution >= 4 is 5.91 Å². The lowest BCUT2D eigenvalue weighted by Crippen LogP contribution is -2.42. The van der Waals surface area contributed by atoms with Gasteiger partial charge in [-0.05, 0) is 24.6 Å². The van der Waals surface area contributed by atoms with Gasteiger partial charge in [0.25, 0.3) is 5.56 Å². The molecular formula is C18H20N2O4. The number of β-amino-alcohol motifs (C(OH)–C–C–N with tert-alkyl or cyclic N) is 1. The van der Waals surface area contributed by atoms with Crippen LogP contribution in [0.1, 0.15) is 6.42 Å². The van der Waals surface area contributed by atoms with Gasteiger partial charge in [-0.15, -0.1) is 0 Å². The first-order valence-corrected chi connectivity index (χ1v) is 7.89. The van der Waals surface area contributed by atoms with E-state index in [0.29, 0.717) is 18.7 Å². The quantitative estimate of drug-likeness (QED) is 0.885. The molecule has 6 nitrogen and oxygen atoms in total. The summed E-state index contributed by atoms with van der Waals surface area (Å²) < 4.78 is 6.98. The van der Waals surface area contributed by atoms with Crippen LogP contribution in [0.5, 0.6) is 5.75 Å². The maximum Gasteiger partial charge on any atom is 0.250 e. The standard InChI is InChI=1S/C18H20N2O4/c21-16-8-4-5-10-19(16)12-17(22)20-11-9-18(23,13-20)14-24-15-6-2-1-3-7-15/h1-8,10,23H,9,11-14H2. The molecule has 6 heteroatoms. The van der Waals surface area contributed by atoms with Crippen molar-refractivity contribution in [1.82, 2.24) is 9.47 Å². The van der Waals surface area contributed by atoms with Gasteiger partial charge in [-0.2, -0.15) is 0 Å². The Kier molecular flexibility index (Phi) is 4.66. The molecule has 0 aliphatic carbocycles. The third kappa shape index (κ3) is 3.83. The lowest BCUT2D eigenvalue weighted by molar-refractivity contribution is -0.132. The smallest absolute Gasteiger partial charge is 0.250 e. The van der Waals surface area contributed by atoms with Crippen LogP contribution in [0.4, 0.5) is 0 Å². The van der Waals surface area contributed by atoms with Crippen LogP contribution in [0.3, 0.4) is 0 Å². The molecule has 1 unspecified atom stereocenters. The number of aromatic nitrogens is 1. The Bertz CT molecular complexity index is 759. The molecule has 2 heterocycles. The molecule has 0 radical (unpaired) electrons. The highest BCUT2D eigenvalue weighted by atomic mass is 16.5. The van der Waals surface area contributed by atoms with Crippen LogP contribution < -0.4 is 10.3 Å². The fraction of sp³-hybridized carbons (Fsp3) is 0.333. The van der Waals surface area contributed by atoms with E-state index in [1.54, 1.807) is 23.2 Å². The van der Waals surface area contributed by atoms with E-state index in [9.17, 15) is 14.7 Å². The van der Waals surface area contributed by atoms with Gasteiger partial charge in [0.15, 0.2) is 0 Å². The van der Waals surface area contributed by atoms with E-state index < -0.39 is 5.60 Å². The van der Waals surface area contributed by atoms with Crippen molar-refractivity contribution < 1.29 is 14.6 Å². The lowest BCUT2D eigenvalue weighted by Gasteiger charge is -2.23. The van der Waals surface area contributed by atoms with E-state index in [4.69, 9.17) is 4.74 Å². The van der Waals surface area contributed by atoms with Crippen molar-refractivity contribution in [1.29, 1.82) is 0 Å². The molecule has 1 aliphatic rings. The average molecular weight is 328 g/mol. The molecule has 1 amide bonds. The van der Waals surface area contributed by atoms with Gasteiger partial charge in [-0.1, -0.05) is 24.3 Å². The summed E-state index contributed by atoms with van der Waals surface area (Å²) in [5.74, 6) is 0.505. The molecule has 0 bridgehead atoms. The van der Waals surface area contributed by atoms with E-state index in [1.165, 1.54) is 10.6 Å². The van der Waals surface area contributed by atoms with Crippen LogP contribution in [-0.4, -0.2) is 45.8 Å². The zero-order valence-corrected chi connectivity index (χ0v) is 13.3. The number of ether oxygens (including phenoxy) is 1. The number of benzene rings is 1. The van der Waals surface area contributed by atoms with Gasteiger partial charge in [-0.25, -0.2) is 0 Å². The Morgan fingerprint density at radius 1 is 1.17 bits per heavy atom. The van der Waals surface area contributed by atoms with Crippen molar-refractivity contribution in [3.63, 3.8) is 0 Å². The molecule has 1 N–H and O–H groups in total. The summed E-state index contributed by atoms with van der Waals surface area (Å²) in [5.41, 5.74) is -1.28. The third-order valence-electron chi connectivity index (χ3n) is 4.14. The molecule has 126 valence electrons. The van der Waals surface area contributed by atoms with E-state index in [1.807, 2.05) is 30.3 Å². The van der Waals surface area contributed by atoms with Crippen LogP contribution >= 0.6 is 0 Å². The van der Waals surface area contributed by atoms with Gasteiger partial charge in [0.2, 0.25) is 5.91 Å². The minimum Gasteiger partial charge on any atom is -0.491 e. The molecule has 3 rings (SSSR count). The minimum atomic E-state index is -1.06. The summed E-state index contributed by atoms with van der Waals surface area (Å²) in [6.07, 6.45) is 2.04. The summed E-state index contributed by atoms with van der Waals surface area (Å²) >= 11 is 0. The molecule has 2 aromatic rings. The number of rotatable bonds is 5. The Balaban J connectivity index is 1.57. The van der Waals surface area contributed by atoms with Crippen molar-refractivity contribution in [2.24, 2.45) is 0 Å². The van der Waals surface area contributed by atoms with Crippen LogP contribution in [0.2, 0.25) is 0 Å². The highest BCUT2D eigenvalue weighted by Crippen LogP contribution is 2.23. The number of carbonyl (C=O) groups is 1. The number of nitrogens with zero attached hydrogens (tertiary/aromatic N) is 2. The first-order valence-electron chi connectivity index (χ1n) is 7.89. The van der Waals surface area contributed by atoms with Gasteiger partial charge in [0.05, 0.1) is 6.54 Å². The van der Waals surface area contributed by atoms with Crippen molar-refractivity contribution in [3.8, 4) is 5.75 Å². The minimum absolute atomic E-state index is 0.0186. The van der Waals surface area contributed by atoms with Gasteiger partial charge >= 0.3 is 0 Å². The topological polar surface area (TPSA) is 71.8 Å². The van der Waals surface area contributed by atoms with E-state index in [2.05, 4.69) is 0 Å². The van der Waals surface area contributed by atoms with Crippen molar-refractivity contribution in [3.05, 3.63) is 65.1 Å². The number of para-hydroxylation sites is 1. The van der Waals surface area contributed by atoms with Crippen LogP contribution in [-0.2, 0) is 11.3 Å². The zero-order valence-electron chi connectivity index (χ0n) is 13.3. The van der Waals surface area contributed by atoms with Crippen LogP contribution in [0.15, 0.2) is 59.5 Å². The Morgan fingerprint density at radius 3 is 2.67 bits per heavy atom. The Hall–Kier alpha value is -2.60. The predicted molar refractivity (Wildman–Crippen MR) is 88.8 cm³/mol. The second-order valence-electron chi connectivity index (χ2n) is 6.06. The van der Waals surface area contributed by atoms with Crippen LogP contribution in [0.25, 0.3) is 0 Å². The highest BCUT2D eigenvalue weighted by molar-refractivity contribution is 5.76. The van der Waals surface area contributed by atoms with Gasteiger partial charge in [0, 0.05) is 18.8 Å². The summed E-state index contributed by atoms with van der Waals surface area (Å²) in [5, 5.41) is 10.6. The highest BCUT2D eigenvalue weighted by Gasteiger charge is 2.39. The van der Waals surface area contributed by atoms with Gasteiger partial charge in [0.1, 0.15) is 24.5 Å². The number of amides is 1. The first-order chi connectivity index (χ1) is 11.6. The zero-order chi connectivity index (χ0) is 17.0. The number of likely N-dealkylation sites (tertiary alicyclic amines) is 1. The van der Waals surface area contributed by atoms with E-state index in [0.717, 1.165) is 0 Å². The molecule has 1 fully saturated rings. The second-order valence-corrected chi connectivity index (χ2v) is 6.06. The predicted octanol–water partition coefficient (Wildman–Crippen LogP) is 0.891. The number of hydrogen-bond acceptors (Lipinski definition) is 4. The van der Waals surface area contributed by atoms with Gasteiger partial charge < -0.3 is 19.3 Å². The average Bonchev–Trinajstić information content (AvgIpc) is 2.99. The summed E-state index contributed by atoms with van der Waals surface area (Å²) in [6.45, 7) is 0.774. The number of pyridine rings is 1. The maximum absolute atomic E-state index is 12.3. The molecule has 1 saturated heterocycles. The molecule has 1 aliphatic heterocycles. The van der Waals surface area contributed by atoms with E-state index >= 15 is 0 Å². The Labute approximate surface area is 139 Å². The fourth-order valence-corrected chi connectivity index (χ4v) is 2.76. The molecule has 1 aromatic heterocycles. The van der Waals surface area contributed by atoms with Gasteiger partial charge in [-0.3, -0.25) is 9.59 Å².